The maximum absolute atomic E-state index is 12.6. The molecular weight excluding hydrogens is 276 g/mol. The zero-order valence-corrected chi connectivity index (χ0v) is 11.4. The van der Waals surface area contributed by atoms with Crippen molar-refractivity contribution in [3.63, 3.8) is 0 Å². The molecular formula is C16H15F2NO2. The smallest absolute Gasteiger partial charge is 0.335 e. The Kier molecular flexibility index (Phi) is 4.52. The second kappa shape index (κ2) is 6.35. The third-order valence-corrected chi connectivity index (χ3v) is 3.17. The van der Waals surface area contributed by atoms with E-state index in [4.69, 9.17) is 5.11 Å². The van der Waals surface area contributed by atoms with Gasteiger partial charge in [-0.25, -0.2) is 13.6 Å². The van der Waals surface area contributed by atoms with E-state index >= 15 is 0 Å². The summed E-state index contributed by atoms with van der Waals surface area (Å²) in [5, 5.41) is 12.1. The van der Waals surface area contributed by atoms with Crippen LogP contribution in [0.2, 0.25) is 0 Å². The highest BCUT2D eigenvalue weighted by Gasteiger charge is 2.08. The Labute approximate surface area is 121 Å². The Hall–Kier alpha value is -2.43. The molecule has 0 saturated carbocycles. The third kappa shape index (κ3) is 3.78. The highest BCUT2D eigenvalue weighted by atomic mass is 19.3. The zero-order chi connectivity index (χ0) is 15.4. The number of carboxylic acids is 1. The van der Waals surface area contributed by atoms with E-state index in [-0.39, 0.29) is 11.1 Å². The normalized spacial score (nSPS) is 10.7. The van der Waals surface area contributed by atoms with E-state index in [1.165, 1.54) is 24.3 Å². The van der Waals surface area contributed by atoms with E-state index in [9.17, 15) is 13.6 Å². The molecule has 2 aromatic carbocycles. The summed E-state index contributed by atoms with van der Waals surface area (Å²) < 4.78 is 25.3. The van der Waals surface area contributed by atoms with Crippen LogP contribution in [0.25, 0.3) is 0 Å². The number of anilines is 1. The van der Waals surface area contributed by atoms with Crippen LogP contribution in [-0.2, 0) is 6.54 Å². The van der Waals surface area contributed by atoms with Gasteiger partial charge in [0.15, 0.2) is 0 Å². The van der Waals surface area contributed by atoms with E-state index in [2.05, 4.69) is 5.32 Å². The number of halogens is 2. The third-order valence-electron chi connectivity index (χ3n) is 3.17. The number of hydrogen-bond donors (Lipinski definition) is 2. The van der Waals surface area contributed by atoms with Crippen molar-refractivity contribution in [2.45, 2.75) is 19.9 Å². The van der Waals surface area contributed by atoms with Crippen LogP contribution in [0.3, 0.4) is 0 Å². The molecule has 2 aromatic rings. The maximum atomic E-state index is 12.6. The largest absolute Gasteiger partial charge is 0.478 e. The molecule has 2 N–H and O–H groups in total. The summed E-state index contributed by atoms with van der Waals surface area (Å²) in [4.78, 5) is 10.9. The van der Waals surface area contributed by atoms with E-state index in [0.29, 0.717) is 17.8 Å². The Morgan fingerprint density at radius 1 is 1.24 bits per heavy atom. The van der Waals surface area contributed by atoms with Gasteiger partial charge in [0.05, 0.1) is 5.56 Å². The molecule has 0 aliphatic heterocycles. The number of aryl methyl sites for hydroxylation is 1. The van der Waals surface area contributed by atoms with Gasteiger partial charge in [0.25, 0.3) is 6.43 Å². The lowest BCUT2D eigenvalue weighted by molar-refractivity contribution is 0.0697. The molecule has 5 heteroatoms. The standard InChI is InChI=1S/C16H15F2NO2/c1-10-5-6-13(16(20)21)8-14(10)19-9-11-3-2-4-12(7-11)15(17)18/h2-8,15,19H,9H2,1H3,(H,20,21). The van der Waals surface area contributed by atoms with Gasteiger partial charge in [-0.3, -0.25) is 0 Å². The molecule has 3 nitrogen and oxygen atoms in total. The number of hydrogen-bond acceptors (Lipinski definition) is 2. The average molecular weight is 291 g/mol. The second-order valence-corrected chi connectivity index (χ2v) is 4.73. The highest BCUT2D eigenvalue weighted by molar-refractivity contribution is 5.89. The fraction of sp³-hybridized carbons (Fsp3) is 0.188. The van der Waals surface area contributed by atoms with Crippen molar-refractivity contribution in [2.75, 3.05) is 5.32 Å². The van der Waals surface area contributed by atoms with Crippen LogP contribution >= 0.6 is 0 Å². The first-order valence-electron chi connectivity index (χ1n) is 6.42. The number of nitrogens with one attached hydrogen (secondary N) is 1. The lowest BCUT2D eigenvalue weighted by Crippen LogP contribution is -2.04. The Morgan fingerprint density at radius 3 is 2.67 bits per heavy atom. The molecule has 0 bridgehead atoms. The molecule has 2 rings (SSSR count). The minimum atomic E-state index is -2.50. The summed E-state index contributed by atoms with van der Waals surface area (Å²) >= 11 is 0. The molecule has 0 fully saturated rings. The Bertz CT molecular complexity index is 656. The lowest BCUT2D eigenvalue weighted by atomic mass is 10.1. The summed E-state index contributed by atoms with van der Waals surface area (Å²) in [5.41, 5.74) is 2.45. The van der Waals surface area contributed by atoms with Gasteiger partial charge in [-0.05, 0) is 36.2 Å². The summed E-state index contributed by atoms with van der Waals surface area (Å²) in [6.07, 6.45) is -2.50. The predicted molar refractivity (Wildman–Crippen MR) is 76.9 cm³/mol. The number of benzene rings is 2. The van der Waals surface area contributed by atoms with E-state index < -0.39 is 12.4 Å². The molecule has 0 amide bonds. The molecule has 0 unspecified atom stereocenters. The van der Waals surface area contributed by atoms with Gasteiger partial charge >= 0.3 is 5.97 Å². The first-order chi connectivity index (χ1) is 9.97. The van der Waals surface area contributed by atoms with Gasteiger partial charge < -0.3 is 10.4 Å². The van der Waals surface area contributed by atoms with Crippen LogP contribution in [0, 0.1) is 6.92 Å². The monoisotopic (exact) mass is 291 g/mol. The van der Waals surface area contributed by atoms with Crippen LogP contribution in [0.1, 0.15) is 33.5 Å². The predicted octanol–water partition coefficient (Wildman–Crippen LogP) is 4.24. The second-order valence-electron chi connectivity index (χ2n) is 4.73. The average Bonchev–Trinajstić information content (AvgIpc) is 2.46. The summed E-state index contributed by atoms with van der Waals surface area (Å²) in [6, 6.07) is 10.9. The fourth-order valence-electron chi connectivity index (χ4n) is 1.98. The highest BCUT2D eigenvalue weighted by Crippen LogP contribution is 2.21. The quantitative estimate of drug-likeness (QED) is 0.866. The molecule has 0 aliphatic carbocycles. The summed E-state index contributed by atoms with van der Waals surface area (Å²) in [6.45, 7) is 2.20. The van der Waals surface area contributed by atoms with Crippen LogP contribution in [-0.4, -0.2) is 11.1 Å². The van der Waals surface area contributed by atoms with Gasteiger partial charge in [0, 0.05) is 17.8 Å². The first kappa shape index (κ1) is 15.0. The van der Waals surface area contributed by atoms with Crippen LogP contribution < -0.4 is 5.32 Å². The number of alkyl halides is 2. The van der Waals surface area contributed by atoms with Crippen molar-refractivity contribution in [1.82, 2.24) is 0 Å². The summed E-state index contributed by atoms with van der Waals surface area (Å²) in [7, 11) is 0. The van der Waals surface area contributed by atoms with Gasteiger partial charge in [0.1, 0.15) is 0 Å². The van der Waals surface area contributed by atoms with Gasteiger partial charge in [-0.1, -0.05) is 24.3 Å². The fourth-order valence-corrected chi connectivity index (χ4v) is 1.98. The van der Waals surface area contributed by atoms with Crippen molar-refractivity contribution in [2.24, 2.45) is 0 Å². The molecule has 0 spiro atoms. The van der Waals surface area contributed by atoms with Crippen molar-refractivity contribution in [3.05, 3.63) is 64.7 Å². The Balaban J connectivity index is 2.14. The number of rotatable bonds is 5. The number of carboxylic acid groups (broad SMARTS) is 1. The van der Waals surface area contributed by atoms with Crippen molar-refractivity contribution >= 4 is 11.7 Å². The van der Waals surface area contributed by atoms with Crippen LogP contribution in [0.5, 0.6) is 0 Å². The molecule has 0 atom stereocenters. The van der Waals surface area contributed by atoms with E-state index in [0.717, 1.165) is 5.56 Å². The molecule has 0 aliphatic rings. The molecule has 110 valence electrons. The topological polar surface area (TPSA) is 49.3 Å². The number of aromatic carboxylic acids is 1. The molecule has 0 heterocycles. The number of carbonyl (C=O) groups is 1. The van der Waals surface area contributed by atoms with Crippen LogP contribution in [0.15, 0.2) is 42.5 Å². The molecule has 0 saturated heterocycles. The van der Waals surface area contributed by atoms with Crippen molar-refractivity contribution in [1.29, 1.82) is 0 Å². The zero-order valence-electron chi connectivity index (χ0n) is 11.4. The molecule has 21 heavy (non-hydrogen) atoms. The van der Waals surface area contributed by atoms with Gasteiger partial charge in [0.2, 0.25) is 0 Å². The first-order valence-corrected chi connectivity index (χ1v) is 6.42. The minimum Gasteiger partial charge on any atom is -0.478 e. The van der Waals surface area contributed by atoms with Gasteiger partial charge in [-0.2, -0.15) is 0 Å². The molecule has 0 aromatic heterocycles. The SMILES string of the molecule is Cc1ccc(C(=O)O)cc1NCc1cccc(C(F)F)c1. The lowest BCUT2D eigenvalue weighted by Gasteiger charge is -2.11. The minimum absolute atomic E-state index is 0.0229. The molecule has 0 radical (unpaired) electrons. The van der Waals surface area contributed by atoms with Gasteiger partial charge in [-0.15, -0.1) is 0 Å². The van der Waals surface area contributed by atoms with E-state index in [1.54, 1.807) is 18.2 Å². The van der Waals surface area contributed by atoms with Crippen LogP contribution in [0.4, 0.5) is 14.5 Å². The van der Waals surface area contributed by atoms with Crippen molar-refractivity contribution in [3.8, 4) is 0 Å². The van der Waals surface area contributed by atoms with Crippen molar-refractivity contribution < 1.29 is 18.7 Å². The summed E-state index contributed by atoms with van der Waals surface area (Å²) in [5.74, 6) is -1.00. The maximum Gasteiger partial charge on any atom is 0.335 e. The van der Waals surface area contributed by atoms with E-state index in [1.807, 2.05) is 6.92 Å². The Morgan fingerprint density at radius 2 is 2.00 bits per heavy atom.